The predicted octanol–water partition coefficient (Wildman–Crippen LogP) is 3.19. The van der Waals surface area contributed by atoms with E-state index in [0.29, 0.717) is 12.2 Å². The summed E-state index contributed by atoms with van der Waals surface area (Å²) in [5.74, 6) is -0.527. The molecule has 19 heavy (non-hydrogen) atoms. The van der Waals surface area contributed by atoms with Crippen LogP contribution in [0.1, 0.15) is 44.1 Å². The summed E-state index contributed by atoms with van der Waals surface area (Å²) in [5, 5.41) is 22.5. The van der Waals surface area contributed by atoms with Gasteiger partial charge in [0.2, 0.25) is 0 Å². The van der Waals surface area contributed by atoms with Gasteiger partial charge in [-0.05, 0) is 25.0 Å². The van der Waals surface area contributed by atoms with Crippen molar-refractivity contribution in [2.45, 2.75) is 44.1 Å². The zero-order valence-corrected chi connectivity index (χ0v) is 11.0. The lowest BCUT2D eigenvalue weighted by Crippen LogP contribution is -2.36. The number of rotatable bonds is 3. The van der Waals surface area contributed by atoms with E-state index in [1.54, 1.807) is 12.1 Å². The van der Waals surface area contributed by atoms with Crippen molar-refractivity contribution in [3.05, 3.63) is 29.6 Å². The molecule has 2 N–H and O–H groups in total. The van der Waals surface area contributed by atoms with Crippen LogP contribution in [0.2, 0.25) is 0 Å². The predicted molar refractivity (Wildman–Crippen MR) is 72.3 cm³/mol. The number of aliphatic hydroxyl groups is 1. The Hall–Kier alpha value is -1.60. The summed E-state index contributed by atoms with van der Waals surface area (Å²) < 4.78 is 13.5. The summed E-state index contributed by atoms with van der Waals surface area (Å²) in [4.78, 5) is 0. The zero-order valence-electron chi connectivity index (χ0n) is 11.0. The van der Waals surface area contributed by atoms with Crippen molar-refractivity contribution in [2.75, 3.05) is 11.9 Å². The van der Waals surface area contributed by atoms with Crippen LogP contribution in [0, 0.1) is 17.1 Å². The highest BCUT2D eigenvalue weighted by Crippen LogP contribution is 2.28. The number of anilines is 1. The fraction of sp³-hybridized carbons (Fsp3) is 0.533. The van der Waals surface area contributed by atoms with E-state index in [2.05, 4.69) is 5.32 Å². The minimum atomic E-state index is -0.741. The first-order valence-corrected chi connectivity index (χ1v) is 6.79. The lowest BCUT2D eigenvalue weighted by molar-refractivity contribution is 0.0381. The van der Waals surface area contributed by atoms with Crippen molar-refractivity contribution in [2.24, 2.45) is 0 Å². The minimum absolute atomic E-state index is 0.0136. The Morgan fingerprint density at radius 1 is 1.26 bits per heavy atom. The SMILES string of the molecule is N#Cc1c(F)cccc1NCC1(O)CCCCCC1. The van der Waals surface area contributed by atoms with Crippen LogP contribution in [0.4, 0.5) is 10.1 Å². The lowest BCUT2D eigenvalue weighted by Gasteiger charge is -2.27. The summed E-state index contributed by atoms with van der Waals surface area (Å²) in [5.41, 5.74) is -0.268. The Kier molecular flexibility index (Phi) is 4.39. The average molecular weight is 262 g/mol. The number of nitriles is 1. The molecule has 4 heteroatoms. The van der Waals surface area contributed by atoms with E-state index in [4.69, 9.17) is 5.26 Å². The fourth-order valence-electron chi connectivity index (χ4n) is 2.61. The molecule has 0 amide bonds. The van der Waals surface area contributed by atoms with Crippen LogP contribution in [-0.2, 0) is 0 Å². The molecular formula is C15H19FN2O. The van der Waals surface area contributed by atoms with Crippen molar-refractivity contribution < 1.29 is 9.50 Å². The Balaban J connectivity index is 2.06. The van der Waals surface area contributed by atoms with Crippen LogP contribution >= 0.6 is 0 Å². The molecule has 0 radical (unpaired) electrons. The molecule has 102 valence electrons. The van der Waals surface area contributed by atoms with Gasteiger partial charge in [0.25, 0.3) is 0 Å². The van der Waals surface area contributed by atoms with Crippen LogP contribution < -0.4 is 5.32 Å². The molecule has 1 aromatic carbocycles. The van der Waals surface area contributed by atoms with E-state index in [9.17, 15) is 9.50 Å². The minimum Gasteiger partial charge on any atom is -0.388 e. The smallest absolute Gasteiger partial charge is 0.143 e. The maximum absolute atomic E-state index is 13.5. The van der Waals surface area contributed by atoms with Crippen molar-refractivity contribution in [1.29, 1.82) is 5.26 Å². The van der Waals surface area contributed by atoms with Crippen LogP contribution in [0.25, 0.3) is 0 Å². The van der Waals surface area contributed by atoms with Crippen molar-refractivity contribution in [3.63, 3.8) is 0 Å². The summed E-state index contributed by atoms with van der Waals surface area (Å²) in [6.07, 6.45) is 5.88. The largest absolute Gasteiger partial charge is 0.388 e. The monoisotopic (exact) mass is 262 g/mol. The van der Waals surface area contributed by atoms with Gasteiger partial charge < -0.3 is 10.4 Å². The molecule has 1 aromatic rings. The number of hydrogen-bond donors (Lipinski definition) is 2. The highest BCUT2D eigenvalue weighted by Gasteiger charge is 2.27. The number of nitrogens with zero attached hydrogens (tertiary/aromatic N) is 1. The highest BCUT2D eigenvalue weighted by molar-refractivity contribution is 5.58. The van der Waals surface area contributed by atoms with Crippen LogP contribution in [0.15, 0.2) is 18.2 Å². The summed E-state index contributed by atoms with van der Waals surface area (Å²) in [6, 6.07) is 6.36. The third-order valence-corrected chi connectivity index (χ3v) is 3.77. The third kappa shape index (κ3) is 3.45. The lowest BCUT2D eigenvalue weighted by atomic mass is 9.94. The molecule has 2 rings (SSSR count). The number of halogens is 1. The first-order chi connectivity index (χ1) is 9.14. The van der Waals surface area contributed by atoms with Gasteiger partial charge in [0.05, 0.1) is 11.3 Å². The molecule has 1 aliphatic rings. The van der Waals surface area contributed by atoms with E-state index in [1.165, 1.54) is 6.07 Å². The number of nitrogens with one attached hydrogen (secondary N) is 1. The van der Waals surface area contributed by atoms with E-state index in [-0.39, 0.29) is 5.56 Å². The third-order valence-electron chi connectivity index (χ3n) is 3.77. The maximum Gasteiger partial charge on any atom is 0.143 e. The molecule has 0 spiro atoms. The van der Waals surface area contributed by atoms with Crippen LogP contribution in [0.3, 0.4) is 0 Å². The van der Waals surface area contributed by atoms with Gasteiger partial charge in [-0.25, -0.2) is 4.39 Å². The van der Waals surface area contributed by atoms with E-state index < -0.39 is 11.4 Å². The van der Waals surface area contributed by atoms with Gasteiger partial charge >= 0.3 is 0 Å². The molecule has 0 aliphatic heterocycles. The van der Waals surface area contributed by atoms with Gasteiger partial charge in [0, 0.05) is 6.54 Å². The normalized spacial score (nSPS) is 18.4. The van der Waals surface area contributed by atoms with Crippen molar-refractivity contribution in [3.8, 4) is 6.07 Å². The Bertz CT molecular complexity index is 474. The fourth-order valence-corrected chi connectivity index (χ4v) is 2.61. The topological polar surface area (TPSA) is 56.0 Å². The Labute approximate surface area is 113 Å². The molecule has 1 fully saturated rings. The summed E-state index contributed by atoms with van der Waals surface area (Å²) >= 11 is 0. The Morgan fingerprint density at radius 2 is 1.95 bits per heavy atom. The van der Waals surface area contributed by atoms with Crippen LogP contribution in [-0.4, -0.2) is 17.3 Å². The first-order valence-electron chi connectivity index (χ1n) is 6.79. The number of benzene rings is 1. The molecule has 0 atom stereocenters. The molecule has 0 aromatic heterocycles. The van der Waals surface area contributed by atoms with Gasteiger partial charge in [-0.3, -0.25) is 0 Å². The van der Waals surface area contributed by atoms with Gasteiger partial charge in [-0.2, -0.15) is 5.26 Å². The first kappa shape index (κ1) is 13.8. The standard InChI is InChI=1S/C15H19FN2O/c16-13-6-5-7-14(12(13)10-17)18-11-15(19)8-3-1-2-4-9-15/h5-7,18-19H,1-4,8-9,11H2. The molecule has 0 bridgehead atoms. The molecule has 1 aliphatic carbocycles. The zero-order chi connectivity index (χ0) is 13.7. The molecule has 0 saturated heterocycles. The van der Waals surface area contributed by atoms with E-state index in [0.717, 1.165) is 38.5 Å². The van der Waals surface area contributed by atoms with Gasteiger partial charge in [0.15, 0.2) is 0 Å². The van der Waals surface area contributed by atoms with Crippen molar-refractivity contribution in [1.82, 2.24) is 0 Å². The van der Waals surface area contributed by atoms with E-state index >= 15 is 0 Å². The summed E-state index contributed by atoms with van der Waals surface area (Å²) in [6.45, 7) is 0.366. The number of hydrogen-bond acceptors (Lipinski definition) is 3. The highest BCUT2D eigenvalue weighted by atomic mass is 19.1. The molecular weight excluding hydrogens is 243 g/mol. The summed E-state index contributed by atoms with van der Waals surface area (Å²) in [7, 11) is 0. The van der Waals surface area contributed by atoms with Gasteiger partial charge in [0.1, 0.15) is 17.4 Å². The molecule has 0 heterocycles. The second kappa shape index (κ2) is 6.03. The van der Waals surface area contributed by atoms with Gasteiger partial charge in [-0.15, -0.1) is 0 Å². The quantitative estimate of drug-likeness (QED) is 0.822. The maximum atomic E-state index is 13.5. The average Bonchev–Trinajstić information content (AvgIpc) is 2.62. The van der Waals surface area contributed by atoms with E-state index in [1.807, 2.05) is 6.07 Å². The molecule has 3 nitrogen and oxygen atoms in total. The van der Waals surface area contributed by atoms with Crippen LogP contribution in [0.5, 0.6) is 0 Å². The Morgan fingerprint density at radius 3 is 2.58 bits per heavy atom. The second-order valence-electron chi connectivity index (χ2n) is 5.27. The second-order valence-corrected chi connectivity index (χ2v) is 5.27. The molecule has 1 saturated carbocycles. The van der Waals surface area contributed by atoms with Gasteiger partial charge in [-0.1, -0.05) is 31.7 Å². The molecule has 0 unspecified atom stereocenters. The van der Waals surface area contributed by atoms with Crippen molar-refractivity contribution >= 4 is 5.69 Å².